The number of anilines is 1. The van der Waals surface area contributed by atoms with Gasteiger partial charge in [0.15, 0.2) is 0 Å². The maximum absolute atomic E-state index is 12.1. The van der Waals surface area contributed by atoms with Crippen LogP contribution < -0.4 is 10.6 Å². The Labute approximate surface area is 128 Å². The van der Waals surface area contributed by atoms with Crippen LogP contribution >= 0.6 is 11.6 Å². The Bertz CT molecular complexity index is 619. The number of amides is 1. The van der Waals surface area contributed by atoms with Crippen LogP contribution in [0.2, 0.25) is 5.02 Å². The molecule has 0 bridgehead atoms. The predicted molar refractivity (Wildman–Crippen MR) is 83.9 cm³/mol. The number of pyridine rings is 1. The van der Waals surface area contributed by atoms with E-state index in [0.717, 1.165) is 19.5 Å². The largest absolute Gasteiger partial charge is 0.316 e. The third-order valence-electron chi connectivity index (χ3n) is 3.67. The number of aromatic nitrogens is 1. The van der Waals surface area contributed by atoms with E-state index in [0.29, 0.717) is 22.3 Å². The van der Waals surface area contributed by atoms with Crippen LogP contribution in [0, 0.1) is 0 Å². The number of nitrogens with zero attached hydrogens (tertiary/aromatic N) is 1. The summed E-state index contributed by atoms with van der Waals surface area (Å²) >= 11 is 5.81. The highest BCUT2D eigenvalue weighted by Crippen LogP contribution is 2.22. The van der Waals surface area contributed by atoms with Crippen molar-refractivity contribution in [2.24, 2.45) is 0 Å². The highest BCUT2D eigenvalue weighted by atomic mass is 35.5. The Balaban J connectivity index is 1.67. The van der Waals surface area contributed by atoms with Gasteiger partial charge in [0.25, 0.3) is 5.91 Å². The minimum Gasteiger partial charge on any atom is -0.316 e. The van der Waals surface area contributed by atoms with Crippen molar-refractivity contribution < 1.29 is 4.79 Å². The molecule has 1 amide bonds. The van der Waals surface area contributed by atoms with Crippen LogP contribution in [0.1, 0.15) is 28.3 Å². The summed E-state index contributed by atoms with van der Waals surface area (Å²) in [7, 11) is 0. The van der Waals surface area contributed by atoms with E-state index in [1.165, 1.54) is 5.56 Å². The molecule has 1 atom stereocenters. The molecule has 3 rings (SSSR count). The van der Waals surface area contributed by atoms with Crippen molar-refractivity contribution >= 4 is 23.3 Å². The maximum atomic E-state index is 12.1. The van der Waals surface area contributed by atoms with E-state index >= 15 is 0 Å². The molecule has 21 heavy (non-hydrogen) atoms. The van der Waals surface area contributed by atoms with Gasteiger partial charge in [0, 0.05) is 23.3 Å². The normalized spacial score (nSPS) is 17.7. The molecule has 108 valence electrons. The van der Waals surface area contributed by atoms with Crippen molar-refractivity contribution in [2.75, 3.05) is 18.4 Å². The molecule has 1 fully saturated rings. The van der Waals surface area contributed by atoms with E-state index in [-0.39, 0.29) is 5.91 Å². The topological polar surface area (TPSA) is 54.0 Å². The highest BCUT2D eigenvalue weighted by Gasteiger charge is 2.16. The zero-order valence-corrected chi connectivity index (χ0v) is 12.2. The molecule has 1 saturated heterocycles. The summed E-state index contributed by atoms with van der Waals surface area (Å²) in [5.74, 6) is 0.901. The molecule has 0 saturated carbocycles. The van der Waals surface area contributed by atoms with E-state index in [9.17, 15) is 4.79 Å². The molecule has 1 aliphatic heterocycles. The van der Waals surface area contributed by atoms with Crippen LogP contribution in [0.5, 0.6) is 0 Å². The zero-order chi connectivity index (χ0) is 14.7. The van der Waals surface area contributed by atoms with Gasteiger partial charge in [-0.2, -0.15) is 0 Å². The average Bonchev–Trinajstić information content (AvgIpc) is 3.03. The van der Waals surface area contributed by atoms with Gasteiger partial charge in [-0.25, -0.2) is 4.98 Å². The number of hydrogen-bond donors (Lipinski definition) is 2. The van der Waals surface area contributed by atoms with Gasteiger partial charge in [0.1, 0.15) is 5.82 Å². The van der Waals surface area contributed by atoms with E-state index < -0.39 is 0 Å². The van der Waals surface area contributed by atoms with Crippen molar-refractivity contribution in [1.29, 1.82) is 0 Å². The van der Waals surface area contributed by atoms with Crippen molar-refractivity contribution in [3.05, 3.63) is 58.7 Å². The van der Waals surface area contributed by atoms with Crippen molar-refractivity contribution in [3.8, 4) is 0 Å². The van der Waals surface area contributed by atoms with Gasteiger partial charge in [-0.05, 0) is 54.8 Å². The number of carbonyl (C=O) groups excluding carboxylic acids is 1. The van der Waals surface area contributed by atoms with Crippen LogP contribution in [-0.2, 0) is 0 Å². The minimum absolute atomic E-state index is 0.186. The second kappa shape index (κ2) is 6.24. The second-order valence-electron chi connectivity index (χ2n) is 5.13. The summed E-state index contributed by atoms with van der Waals surface area (Å²) in [4.78, 5) is 16.4. The molecule has 2 heterocycles. The van der Waals surface area contributed by atoms with Crippen molar-refractivity contribution in [3.63, 3.8) is 0 Å². The Morgan fingerprint density at radius 2 is 2.05 bits per heavy atom. The Morgan fingerprint density at radius 3 is 2.67 bits per heavy atom. The molecule has 4 nitrogen and oxygen atoms in total. The van der Waals surface area contributed by atoms with Gasteiger partial charge in [-0.3, -0.25) is 4.79 Å². The molecule has 0 aliphatic carbocycles. The van der Waals surface area contributed by atoms with Gasteiger partial charge < -0.3 is 10.6 Å². The first-order valence-electron chi connectivity index (χ1n) is 6.96. The van der Waals surface area contributed by atoms with E-state index in [2.05, 4.69) is 15.6 Å². The van der Waals surface area contributed by atoms with E-state index in [1.807, 2.05) is 18.3 Å². The highest BCUT2D eigenvalue weighted by molar-refractivity contribution is 6.30. The summed E-state index contributed by atoms with van der Waals surface area (Å²) in [6.45, 7) is 2.05. The number of hydrogen-bond acceptors (Lipinski definition) is 3. The molecular formula is C16H16ClN3O. The zero-order valence-electron chi connectivity index (χ0n) is 11.5. The third kappa shape index (κ3) is 3.40. The standard InChI is InChI=1S/C16H16ClN3O/c17-14-4-1-11(2-5-14)16(21)20-15-6-3-12(10-19-15)13-7-8-18-9-13/h1-6,10,13,18H,7-9H2,(H,19,20,21). The Kier molecular flexibility index (Phi) is 4.18. The van der Waals surface area contributed by atoms with Crippen LogP contribution in [0.15, 0.2) is 42.6 Å². The van der Waals surface area contributed by atoms with Crippen LogP contribution in [0.25, 0.3) is 0 Å². The molecule has 1 aliphatic rings. The van der Waals surface area contributed by atoms with E-state index in [4.69, 9.17) is 11.6 Å². The van der Waals surface area contributed by atoms with Gasteiger partial charge in [0.05, 0.1) is 0 Å². The monoisotopic (exact) mass is 301 g/mol. The first-order valence-corrected chi connectivity index (χ1v) is 7.34. The first-order chi connectivity index (χ1) is 10.2. The first kappa shape index (κ1) is 14.0. The maximum Gasteiger partial charge on any atom is 0.256 e. The number of benzene rings is 1. The summed E-state index contributed by atoms with van der Waals surface area (Å²) in [5.41, 5.74) is 1.77. The van der Waals surface area contributed by atoms with Crippen LogP contribution in [-0.4, -0.2) is 24.0 Å². The minimum atomic E-state index is -0.186. The lowest BCUT2D eigenvalue weighted by Gasteiger charge is -2.09. The molecule has 1 unspecified atom stereocenters. The van der Waals surface area contributed by atoms with Gasteiger partial charge >= 0.3 is 0 Å². The molecule has 0 spiro atoms. The fourth-order valence-corrected chi connectivity index (χ4v) is 2.58. The summed E-state index contributed by atoms with van der Waals surface area (Å²) in [6, 6.07) is 10.6. The fraction of sp³-hybridized carbons (Fsp3) is 0.250. The molecule has 1 aromatic heterocycles. The smallest absolute Gasteiger partial charge is 0.256 e. The molecule has 0 radical (unpaired) electrons. The number of halogens is 1. The molecular weight excluding hydrogens is 286 g/mol. The lowest BCUT2D eigenvalue weighted by atomic mass is 10.0. The van der Waals surface area contributed by atoms with Crippen LogP contribution in [0.4, 0.5) is 5.82 Å². The summed E-state index contributed by atoms with van der Waals surface area (Å²) in [5, 5.41) is 6.73. The molecule has 2 aromatic rings. The van der Waals surface area contributed by atoms with Gasteiger partial charge in [-0.15, -0.1) is 0 Å². The Morgan fingerprint density at radius 1 is 1.24 bits per heavy atom. The fourth-order valence-electron chi connectivity index (χ4n) is 2.45. The summed E-state index contributed by atoms with van der Waals surface area (Å²) in [6.07, 6.45) is 2.98. The summed E-state index contributed by atoms with van der Waals surface area (Å²) < 4.78 is 0. The molecule has 1 aromatic carbocycles. The SMILES string of the molecule is O=C(Nc1ccc(C2CCNC2)cn1)c1ccc(Cl)cc1. The lowest BCUT2D eigenvalue weighted by Crippen LogP contribution is -2.13. The van der Waals surface area contributed by atoms with Crippen molar-refractivity contribution in [1.82, 2.24) is 10.3 Å². The van der Waals surface area contributed by atoms with Crippen molar-refractivity contribution in [2.45, 2.75) is 12.3 Å². The number of rotatable bonds is 3. The quantitative estimate of drug-likeness (QED) is 0.916. The Hall–Kier alpha value is -1.91. The molecule has 5 heteroatoms. The number of carbonyl (C=O) groups is 1. The molecule has 2 N–H and O–H groups in total. The predicted octanol–water partition coefficient (Wildman–Crippen LogP) is 3.06. The van der Waals surface area contributed by atoms with Gasteiger partial charge in [-0.1, -0.05) is 17.7 Å². The lowest BCUT2D eigenvalue weighted by molar-refractivity contribution is 0.102. The van der Waals surface area contributed by atoms with E-state index in [1.54, 1.807) is 24.3 Å². The average molecular weight is 302 g/mol. The third-order valence-corrected chi connectivity index (χ3v) is 3.92. The van der Waals surface area contributed by atoms with Crippen LogP contribution in [0.3, 0.4) is 0 Å². The number of nitrogens with one attached hydrogen (secondary N) is 2. The van der Waals surface area contributed by atoms with Gasteiger partial charge in [0.2, 0.25) is 0 Å². The second-order valence-corrected chi connectivity index (χ2v) is 5.56.